The SMILES string of the molecule is COCc1nc(-c2ccc(Br)cn2)sc1CNC1CC1. The maximum Gasteiger partial charge on any atom is 0.142 e. The van der Waals surface area contributed by atoms with Crippen LogP contribution in [-0.2, 0) is 17.9 Å². The van der Waals surface area contributed by atoms with Crippen LogP contribution >= 0.6 is 27.3 Å². The lowest BCUT2D eigenvalue weighted by molar-refractivity contribution is 0.181. The Morgan fingerprint density at radius 2 is 2.30 bits per heavy atom. The van der Waals surface area contributed by atoms with E-state index >= 15 is 0 Å². The molecule has 0 spiro atoms. The summed E-state index contributed by atoms with van der Waals surface area (Å²) < 4.78 is 6.23. The first-order valence-corrected chi connectivity index (χ1v) is 8.20. The first-order valence-electron chi connectivity index (χ1n) is 6.59. The van der Waals surface area contributed by atoms with Gasteiger partial charge >= 0.3 is 0 Å². The van der Waals surface area contributed by atoms with E-state index in [1.807, 2.05) is 12.1 Å². The zero-order valence-corrected chi connectivity index (χ0v) is 13.6. The molecule has 106 valence electrons. The third kappa shape index (κ3) is 3.44. The summed E-state index contributed by atoms with van der Waals surface area (Å²) in [7, 11) is 1.70. The standard InChI is InChI=1S/C14H16BrN3OS/c1-19-8-12-13(7-16-10-3-4-10)20-14(18-12)11-5-2-9(15)6-17-11/h2,5-6,10,16H,3-4,7-8H2,1H3. The molecule has 0 atom stereocenters. The molecule has 2 heterocycles. The summed E-state index contributed by atoms with van der Waals surface area (Å²) in [5, 5.41) is 4.49. The van der Waals surface area contributed by atoms with Gasteiger partial charge in [-0.05, 0) is 40.9 Å². The van der Waals surface area contributed by atoms with Crippen molar-refractivity contribution in [1.29, 1.82) is 0 Å². The first kappa shape index (κ1) is 14.1. The van der Waals surface area contributed by atoms with E-state index in [2.05, 4.69) is 31.2 Å². The highest BCUT2D eigenvalue weighted by Crippen LogP contribution is 2.29. The summed E-state index contributed by atoms with van der Waals surface area (Å²) in [5.41, 5.74) is 1.93. The van der Waals surface area contributed by atoms with E-state index in [-0.39, 0.29) is 0 Å². The molecule has 0 saturated heterocycles. The van der Waals surface area contributed by atoms with Gasteiger partial charge in [-0.2, -0.15) is 0 Å². The smallest absolute Gasteiger partial charge is 0.142 e. The normalized spacial score (nSPS) is 14.7. The molecule has 0 aromatic carbocycles. The molecule has 6 heteroatoms. The van der Waals surface area contributed by atoms with E-state index in [4.69, 9.17) is 4.74 Å². The Hall–Kier alpha value is -0.820. The van der Waals surface area contributed by atoms with Gasteiger partial charge in [-0.25, -0.2) is 4.98 Å². The van der Waals surface area contributed by atoms with Gasteiger partial charge in [0.05, 0.1) is 18.0 Å². The van der Waals surface area contributed by atoms with Gasteiger partial charge in [0, 0.05) is 35.2 Å². The average Bonchev–Trinajstić information content (AvgIpc) is 3.19. The van der Waals surface area contributed by atoms with Gasteiger partial charge in [0.15, 0.2) is 0 Å². The molecule has 20 heavy (non-hydrogen) atoms. The summed E-state index contributed by atoms with van der Waals surface area (Å²) in [5.74, 6) is 0. The maximum absolute atomic E-state index is 5.25. The number of nitrogens with zero attached hydrogens (tertiary/aromatic N) is 2. The first-order chi connectivity index (χ1) is 9.76. The second-order valence-corrected chi connectivity index (χ2v) is 6.84. The van der Waals surface area contributed by atoms with Crippen LogP contribution in [0.25, 0.3) is 10.7 Å². The number of nitrogens with one attached hydrogen (secondary N) is 1. The van der Waals surface area contributed by atoms with Crippen LogP contribution in [0.3, 0.4) is 0 Å². The van der Waals surface area contributed by atoms with Crippen LogP contribution < -0.4 is 5.32 Å². The van der Waals surface area contributed by atoms with Crippen molar-refractivity contribution in [2.24, 2.45) is 0 Å². The van der Waals surface area contributed by atoms with E-state index < -0.39 is 0 Å². The molecule has 1 fully saturated rings. The Morgan fingerprint density at radius 3 is 2.95 bits per heavy atom. The van der Waals surface area contributed by atoms with E-state index in [9.17, 15) is 0 Å². The zero-order valence-electron chi connectivity index (χ0n) is 11.2. The van der Waals surface area contributed by atoms with Crippen molar-refractivity contribution in [3.05, 3.63) is 33.4 Å². The minimum absolute atomic E-state index is 0.550. The molecular weight excluding hydrogens is 338 g/mol. The van der Waals surface area contributed by atoms with Crippen LogP contribution in [0.1, 0.15) is 23.4 Å². The number of rotatable bonds is 6. The summed E-state index contributed by atoms with van der Waals surface area (Å²) in [6.45, 7) is 1.42. The Kier molecular flexibility index (Phi) is 4.45. The molecule has 0 aliphatic heterocycles. The molecule has 0 unspecified atom stereocenters. The minimum Gasteiger partial charge on any atom is -0.378 e. The highest BCUT2D eigenvalue weighted by Gasteiger charge is 2.21. The van der Waals surface area contributed by atoms with Gasteiger partial charge in [-0.3, -0.25) is 4.98 Å². The third-order valence-electron chi connectivity index (χ3n) is 3.13. The van der Waals surface area contributed by atoms with E-state index in [1.54, 1.807) is 24.6 Å². The largest absolute Gasteiger partial charge is 0.378 e. The molecule has 3 rings (SSSR count). The van der Waals surface area contributed by atoms with Crippen molar-refractivity contribution >= 4 is 27.3 Å². The van der Waals surface area contributed by atoms with Crippen LogP contribution in [0.2, 0.25) is 0 Å². The number of hydrogen-bond acceptors (Lipinski definition) is 5. The van der Waals surface area contributed by atoms with Crippen LogP contribution in [0.15, 0.2) is 22.8 Å². The third-order valence-corrected chi connectivity index (χ3v) is 4.72. The maximum atomic E-state index is 5.25. The second-order valence-electron chi connectivity index (χ2n) is 4.84. The molecule has 0 amide bonds. The number of ether oxygens (including phenoxy) is 1. The Bertz CT molecular complexity index is 581. The molecule has 2 aromatic heterocycles. The topological polar surface area (TPSA) is 47.0 Å². The highest BCUT2D eigenvalue weighted by molar-refractivity contribution is 9.10. The van der Waals surface area contributed by atoms with Crippen LogP contribution in [0, 0.1) is 0 Å². The lowest BCUT2D eigenvalue weighted by Gasteiger charge is -2.02. The number of methoxy groups -OCH3 is 1. The number of hydrogen-bond donors (Lipinski definition) is 1. The lowest BCUT2D eigenvalue weighted by Crippen LogP contribution is -2.15. The molecular formula is C14H16BrN3OS. The van der Waals surface area contributed by atoms with Crippen molar-refractivity contribution < 1.29 is 4.74 Å². The van der Waals surface area contributed by atoms with Gasteiger partial charge in [-0.15, -0.1) is 11.3 Å². The van der Waals surface area contributed by atoms with Crippen molar-refractivity contribution in [2.45, 2.75) is 32.0 Å². The van der Waals surface area contributed by atoms with Crippen LogP contribution in [0.5, 0.6) is 0 Å². The number of halogens is 1. The second kappa shape index (κ2) is 6.30. The predicted molar refractivity (Wildman–Crippen MR) is 83.6 cm³/mol. The molecule has 1 N–H and O–H groups in total. The molecule has 0 radical (unpaired) electrons. The van der Waals surface area contributed by atoms with Crippen LogP contribution in [-0.4, -0.2) is 23.1 Å². The van der Waals surface area contributed by atoms with E-state index in [0.29, 0.717) is 12.6 Å². The number of pyridine rings is 1. The Morgan fingerprint density at radius 1 is 1.45 bits per heavy atom. The number of aromatic nitrogens is 2. The minimum atomic E-state index is 0.550. The molecule has 4 nitrogen and oxygen atoms in total. The summed E-state index contributed by atoms with van der Waals surface area (Å²) in [6.07, 6.45) is 4.38. The van der Waals surface area contributed by atoms with Crippen molar-refractivity contribution in [1.82, 2.24) is 15.3 Å². The summed E-state index contributed by atoms with van der Waals surface area (Å²) in [6, 6.07) is 4.67. The molecule has 2 aromatic rings. The van der Waals surface area contributed by atoms with Crippen LogP contribution in [0.4, 0.5) is 0 Å². The monoisotopic (exact) mass is 353 g/mol. The van der Waals surface area contributed by atoms with Gasteiger partial charge in [0.1, 0.15) is 5.01 Å². The summed E-state index contributed by atoms with van der Waals surface area (Å²) in [4.78, 5) is 10.3. The Labute approximate surface area is 130 Å². The average molecular weight is 354 g/mol. The predicted octanol–water partition coefficient (Wildman–Crippen LogP) is 3.37. The zero-order chi connectivity index (χ0) is 13.9. The van der Waals surface area contributed by atoms with Gasteiger partial charge in [0.2, 0.25) is 0 Å². The lowest BCUT2D eigenvalue weighted by atomic mass is 10.3. The van der Waals surface area contributed by atoms with Gasteiger partial charge in [-0.1, -0.05) is 0 Å². The number of thiazole rings is 1. The quantitative estimate of drug-likeness (QED) is 0.864. The molecule has 0 bridgehead atoms. The Balaban J connectivity index is 1.82. The van der Waals surface area contributed by atoms with E-state index in [0.717, 1.165) is 27.4 Å². The van der Waals surface area contributed by atoms with Crippen molar-refractivity contribution in [3.63, 3.8) is 0 Å². The van der Waals surface area contributed by atoms with Crippen molar-refractivity contribution in [3.8, 4) is 10.7 Å². The van der Waals surface area contributed by atoms with Crippen molar-refractivity contribution in [2.75, 3.05) is 7.11 Å². The molecule has 1 aliphatic carbocycles. The van der Waals surface area contributed by atoms with E-state index in [1.165, 1.54) is 17.7 Å². The summed E-state index contributed by atoms with van der Waals surface area (Å²) >= 11 is 5.10. The molecule has 1 aliphatic rings. The fourth-order valence-corrected chi connectivity index (χ4v) is 3.13. The molecule has 1 saturated carbocycles. The van der Waals surface area contributed by atoms with Gasteiger partial charge in [0.25, 0.3) is 0 Å². The highest BCUT2D eigenvalue weighted by atomic mass is 79.9. The fraction of sp³-hybridized carbons (Fsp3) is 0.429. The fourth-order valence-electron chi connectivity index (χ4n) is 1.91. The van der Waals surface area contributed by atoms with Gasteiger partial charge < -0.3 is 10.1 Å².